The van der Waals surface area contributed by atoms with Crippen molar-refractivity contribution in [3.8, 4) is 0 Å². The summed E-state index contributed by atoms with van der Waals surface area (Å²) in [5.41, 5.74) is 6.46. The lowest BCUT2D eigenvalue weighted by Crippen LogP contribution is -2.41. The van der Waals surface area contributed by atoms with Crippen molar-refractivity contribution >= 4 is 23.7 Å². The number of nitrogens with zero attached hydrogens (tertiary/aromatic N) is 4. The Labute approximate surface area is 142 Å². The van der Waals surface area contributed by atoms with Crippen molar-refractivity contribution in [2.45, 2.75) is 25.7 Å². The molecule has 7 heteroatoms. The standard InChI is InChI=1S/C17H25N5O2/c1-2-3-9-19-10-5-16-20-15(13-24-21-16)14-6-11-22(12-7-14)17(23)4-8-18/h2-3,9-10,14H,1,4-8,11-13,18H2/b9-3-,19-10?. The molecule has 1 saturated heterocycles. The maximum Gasteiger partial charge on any atom is 0.223 e. The third-order valence-electron chi connectivity index (χ3n) is 4.02. The summed E-state index contributed by atoms with van der Waals surface area (Å²) in [5.74, 6) is 1.12. The van der Waals surface area contributed by atoms with Crippen LogP contribution in [-0.4, -0.2) is 54.8 Å². The van der Waals surface area contributed by atoms with Gasteiger partial charge in [0.25, 0.3) is 0 Å². The van der Waals surface area contributed by atoms with Gasteiger partial charge in [-0.05, 0) is 18.9 Å². The van der Waals surface area contributed by atoms with E-state index in [2.05, 4.69) is 21.7 Å². The van der Waals surface area contributed by atoms with Gasteiger partial charge in [-0.1, -0.05) is 17.8 Å². The van der Waals surface area contributed by atoms with Gasteiger partial charge >= 0.3 is 0 Å². The van der Waals surface area contributed by atoms with Crippen molar-refractivity contribution in [2.24, 2.45) is 26.8 Å². The molecule has 1 fully saturated rings. The molecule has 2 aliphatic rings. The van der Waals surface area contributed by atoms with Crippen LogP contribution in [0.4, 0.5) is 0 Å². The van der Waals surface area contributed by atoms with Gasteiger partial charge in [0, 0.05) is 50.8 Å². The molecule has 2 N–H and O–H groups in total. The van der Waals surface area contributed by atoms with Crippen LogP contribution in [0.25, 0.3) is 0 Å². The molecule has 0 aromatic heterocycles. The van der Waals surface area contributed by atoms with Crippen LogP contribution in [-0.2, 0) is 9.63 Å². The summed E-state index contributed by atoms with van der Waals surface area (Å²) in [5, 5.41) is 3.98. The summed E-state index contributed by atoms with van der Waals surface area (Å²) < 4.78 is 0. The number of likely N-dealkylation sites (tertiary alicyclic amines) is 1. The Morgan fingerprint density at radius 2 is 2.25 bits per heavy atom. The lowest BCUT2D eigenvalue weighted by Gasteiger charge is -2.33. The Bertz CT molecular complexity index is 557. The fourth-order valence-corrected chi connectivity index (χ4v) is 2.73. The largest absolute Gasteiger partial charge is 0.388 e. The van der Waals surface area contributed by atoms with Gasteiger partial charge in [0.1, 0.15) is 0 Å². The number of amides is 1. The number of carbonyl (C=O) groups excluding carboxylic acids is 1. The van der Waals surface area contributed by atoms with E-state index >= 15 is 0 Å². The summed E-state index contributed by atoms with van der Waals surface area (Å²) in [6.45, 7) is 5.92. The van der Waals surface area contributed by atoms with Crippen molar-refractivity contribution < 1.29 is 9.63 Å². The summed E-state index contributed by atoms with van der Waals surface area (Å²) >= 11 is 0. The number of hydrogen-bond acceptors (Lipinski definition) is 6. The molecule has 2 rings (SSSR count). The predicted molar refractivity (Wildman–Crippen MR) is 96.2 cm³/mol. The van der Waals surface area contributed by atoms with Crippen molar-refractivity contribution in [3.63, 3.8) is 0 Å². The minimum atomic E-state index is 0.142. The second kappa shape index (κ2) is 9.77. The van der Waals surface area contributed by atoms with Crippen molar-refractivity contribution in [1.82, 2.24) is 4.90 Å². The SMILES string of the molecule is C=C/C=C\N=CCC1=NOCC(C2CCN(C(=O)CCN)CC2)=N1. The van der Waals surface area contributed by atoms with E-state index in [0.29, 0.717) is 37.7 Å². The highest BCUT2D eigenvalue weighted by molar-refractivity contribution is 6.04. The molecule has 1 amide bonds. The van der Waals surface area contributed by atoms with Gasteiger partial charge in [-0.15, -0.1) is 0 Å². The number of amidine groups is 1. The molecule has 0 aliphatic carbocycles. The fourth-order valence-electron chi connectivity index (χ4n) is 2.73. The quantitative estimate of drug-likeness (QED) is 0.566. The van der Waals surface area contributed by atoms with Crippen LogP contribution in [0, 0.1) is 5.92 Å². The zero-order valence-electron chi connectivity index (χ0n) is 13.9. The topological polar surface area (TPSA) is 92.6 Å². The molecule has 2 aliphatic heterocycles. The Kier molecular flexibility index (Phi) is 7.35. The van der Waals surface area contributed by atoms with Crippen LogP contribution in [0.1, 0.15) is 25.7 Å². The Hall–Kier alpha value is -2.28. The first kappa shape index (κ1) is 18.1. The van der Waals surface area contributed by atoms with Crippen LogP contribution in [0.15, 0.2) is 40.1 Å². The molecule has 0 atom stereocenters. The third kappa shape index (κ3) is 5.42. The van der Waals surface area contributed by atoms with Crippen LogP contribution < -0.4 is 5.73 Å². The van der Waals surface area contributed by atoms with Gasteiger partial charge in [0.05, 0.1) is 5.71 Å². The first-order valence-corrected chi connectivity index (χ1v) is 8.28. The number of allylic oxidation sites excluding steroid dienone is 2. The molecule has 24 heavy (non-hydrogen) atoms. The molecule has 0 aromatic rings. The molecule has 0 radical (unpaired) electrons. The van der Waals surface area contributed by atoms with Gasteiger partial charge < -0.3 is 15.5 Å². The Morgan fingerprint density at radius 1 is 1.46 bits per heavy atom. The number of oxime groups is 1. The van der Waals surface area contributed by atoms with E-state index in [1.54, 1.807) is 24.6 Å². The van der Waals surface area contributed by atoms with Gasteiger partial charge in [0.15, 0.2) is 12.4 Å². The van der Waals surface area contributed by atoms with Gasteiger partial charge in [0.2, 0.25) is 5.91 Å². The Morgan fingerprint density at radius 3 is 2.96 bits per heavy atom. The van der Waals surface area contributed by atoms with Gasteiger partial charge in [-0.25, -0.2) is 4.99 Å². The molecule has 0 unspecified atom stereocenters. The highest BCUT2D eigenvalue weighted by Crippen LogP contribution is 2.21. The lowest BCUT2D eigenvalue weighted by atomic mass is 9.91. The maximum atomic E-state index is 11.9. The van der Waals surface area contributed by atoms with E-state index in [4.69, 9.17) is 10.6 Å². The van der Waals surface area contributed by atoms with Crippen molar-refractivity contribution in [2.75, 3.05) is 26.2 Å². The first-order chi connectivity index (χ1) is 11.7. The lowest BCUT2D eigenvalue weighted by molar-refractivity contribution is -0.132. The second-order valence-electron chi connectivity index (χ2n) is 5.69. The number of piperidine rings is 1. The number of hydrogen-bond donors (Lipinski definition) is 1. The summed E-state index contributed by atoms with van der Waals surface area (Å²) in [6.07, 6.45) is 9.58. The number of nitrogens with two attached hydrogens (primary N) is 1. The average Bonchev–Trinajstić information content (AvgIpc) is 2.62. The van der Waals surface area contributed by atoms with E-state index < -0.39 is 0 Å². The van der Waals surface area contributed by atoms with Gasteiger partial charge in [-0.3, -0.25) is 9.79 Å². The maximum absolute atomic E-state index is 11.9. The second-order valence-corrected chi connectivity index (χ2v) is 5.69. The van der Waals surface area contributed by atoms with Crippen LogP contribution in [0.2, 0.25) is 0 Å². The highest BCUT2D eigenvalue weighted by Gasteiger charge is 2.27. The number of aliphatic imine (C=N–C) groups is 2. The third-order valence-corrected chi connectivity index (χ3v) is 4.02. The molecular weight excluding hydrogens is 306 g/mol. The minimum Gasteiger partial charge on any atom is -0.388 e. The summed E-state index contributed by atoms with van der Waals surface area (Å²) in [6, 6.07) is 0. The highest BCUT2D eigenvalue weighted by atomic mass is 16.6. The molecule has 2 heterocycles. The molecule has 130 valence electrons. The molecular formula is C17H25N5O2. The van der Waals surface area contributed by atoms with E-state index in [1.165, 1.54) is 0 Å². The number of carbonyl (C=O) groups is 1. The predicted octanol–water partition coefficient (Wildman–Crippen LogP) is 1.52. The molecule has 0 aromatic carbocycles. The van der Waals surface area contributed by atoms with E-state index in [9.17, 15) is 4.79 Å². The average molecular weight is 331 g/mol. The number of rotatable bonds is 7. The van der Waals surface area contributed by atoms with E-state index in [0.717, 1.165) is 31.6 Å². The first-order valence-electron chi connectivity index (χ1n) is 8.28. The Balaban J connectivity index is 1.85. The normalized spacial score (nSPS) is 19.3. The summed E-state index contributed by atoms with van der Waals surface area (Å²) in [7, 11) is 0. The van der Waals surface area contributed by atoms with Crippen LogP contribution >= 0.6 is 0 Å². The molecule has 7 nitrogen and oxygen atoms in total. The van der Waals surface area contributed by atoms with Crippen molar-refractivity contribution in [1.29, 1.82) is 0 Å². The van der Waals surface area contributed by atoms with E-state index in [-0.39, 0.29) is 5.91 Å². The van der Waals surface area contributed by atoms with Crippen LogP contribution in [0.5, 0.6) is 0 Å². The monoisotopic (exact) mass is 331 g/mol. The molecule has 0 spiro atoms. The fraction of sp³-hybridized carbons (Fsp3) is 0.529. The zero-order valence-corrected chi connectivity index (χ0v) is 13.9. The summed E-state index contributed by atoms with van der Waals surface area (Å²) in [4.78, 5) is 27.8. The minimum absolute atomic E-state index is 0.142. The van der Waals surface area contributed by atoms with E-state index in [1.807, 2.05) is 4.90 Å². The zero-order chi connectivity index (χ0) is 17.2. The smallest absolute Gasteiger partial charge is 0.223 e. The van der Waals surface area contributed by atoms with Crippen LogP contribution in [0.3, 0.4) is 0 Å². The van der Waals surface area contributed by atoms with Gasteiger partial charge in [-0.2, -0.15) is 0 Å². The molecule has 0 bridgehead atoms. The van der Waals surface area contributed by atoms with Crippen molar-refractivity contribution in [3.05, 3.63) is 24.9 Å². The molecule has 0 saturated carbocycles.